The molecule has 0 aromatic heterocycles. The van der Waals surface area contributed by atoms with E-state index < -0.39 is 0 Å². The van der Waals surface area contributed by atoms with Gasteiger partial charge in [-0.25, -0.2) is 4.79 Å². The maximum Gasteiger partial charge on any atom is 0.409 e. The van der Waals surface area contributed by atoms with E-state index in [1.807, 2.05) is 31.2 Å². The van der Waals surface area contributed by atoms with Crippen LogP contribution >= 0.6 is 0 Å². The Labute approximate surface area is 195 Å². The fraction of sp³-hybridized carbons (Fsp3) is 0.560. The number of rotatable bonds is 5. The maximum absolute atomic E-state index is 13.7. The summed E-state index contributed by atoms with van der Waals surface area (Å²) >= 11 is 0. The Bertz CT molecular complexity index is 926. The number of amides is 3. The first-order valence-corrected chi connectivity index (χ1v) is 12.0. The van der Waals surface area contributed by atoms with Crippen LogP contribution in [0, 0.1) is 6.92 Å². The molecule has 3 amide bonds. The summed E-state index contributed by atoms with van der Waals surface area (Å²) in [5, 5.41) is 0. The number of aryl methyl sites for hydroxylation is 1. The Morgan fingerprint density at radius 1 is 0.939 bits per heavy atom. The van der Waals surface area contributed by atoms with Crippen LogP contribution in [-0.4, -0.2) is 96.0 Å². The van der Waals surface area contributed by atoms with E-state index in [-0.39, 0.29) is 23.9 Å². The van der Waals surface area contributed by atoms with E-state index in [4.69, 9.17) is 4.74 Å². The third-order valence-electron chi connectivity index (χ3n) is 6.92. The Morgan fingerprint density at radius 2 is 1.58 bits per heavy atom. The van der Waals surface area contributed by atoms with Gasteiger partial charge in [0, 0.05) is 45.3 Å². The van der Waals surface area contributed by atoms with Crippen LogP contribution in [0.25, 0.3) is 5.57 Å². The first kappa shape index (κ1) is 23.3. The summed E-state index contributed by atoms with van der Waals surface area (Å²) in [4.78, 5) is 47.0. The van der Waals surface area contributed by atoms with Crippen molar-refractivity contribution in [2.75, 3.05) is 52.4 Å². The average molecular weight is 455 g/mol. The minimum absolute atomic E-state index is 0.199. The molecule has 8 heteroatoms. The molecule has 2 fully saturated rings. The Morgan fingerprint density at radius 3 is 2.15 bits per heavy atom. The van der Waals surface area contributed by atoms with Crippen LogP contribution in [0.3, 0.4) is 0 Å². The highest BCUT2D eigenvalue weighted by molar-refractivity contribution is 6.35. The predicted molar refractivity (Wildman–Crippen MR) is 125 cm³/mol. The average Bonchev–Trinajstić information content (AvgIpc) is 3.09. The van der Waals surface area contributed by atoms with Gasteiger partial charge in [0.2, 0.25) is 0 Å². The summed E-state index contributed by atoms with van der Waals surface area (Å²) in [6.07, 6.45) is 0.797. The molecule has 0 unspecified atom stereocenters. The quantitative estimate of drug-likeness (QED) is 0.636. The first-order valence-electron chi connectivity index (χ1n) is 12.0. The third-order valence-corrected chi connectivity index (χ3v) is 6.92. The number of hydrogen-bond donors (Lipinski definition) is 0. The smallest absolute Gasteiger partial charge is 0.409 e. The standard InChI is InChI=1S/C25H34N4O4/c1-4-26-14-16-27(17-15-26)22-21(19-8-6-18(3)7-9-19)23(30)29(24(22)31)20-10-12-28(13-11-20)25(32)33-5-2/h6-9,20H,4-5,10-17H2,1-3H3. The van der Waals surface area contributed by atoms with Crippen molar-refractivity contribution in [1.82, 2.24) is 19.6 Å². The number of nitrogens with zero attached hydrogens (tertiary/aromatic N) is 4. The van der Waals surface area contributed by atoms with Gasteiger partial charge in [-0.1, -0.05) is 36.8 Å². The van der Waals surface area contributed by atoms with Crippen LogP contribution in [0.2, 0.25) is 0 Å². The van der Waals surface area contributed by atoms with E-state index >= 15 is 0 Å². The molecule has 2 saturated heterocycles. The zero-order chi connectivity index (χ0) is 23.5. The van der Waals surface area contributed by atoms with Crippen LogP contribution in [0.4, 0.5) is 4.79 Å². The largest absolute Gasteiger partial charge is 0.450 e. The second-order valence-corrected chi connectivity index (χ2v) is 8.91. The maximum atomic E-state index is 13.7. The number of piperazine rings is 1. The summed E-state index contributed by atoms with van der Waals surface area (Å²) in [6.45, 7) is 11.4. The van der Waals surface area contributed by atoms with E-state index in [0.29, 0.717) is 43.8 Å². The monoisotopic (exact) mass is 454 g/mol. The Balaban J connectivity index is 1.59. The first-order chi connectivity index (χ1) is 15.9. The zero-order valence-electron chi connectivity index (χ0n) is 19.9. The fourth-order valence-electron chi connectivity index (χ4n) is 4.95. The second kappa shape index (κ2) is 9.95. The lowest BCUT2D eigenvalue weighted by molar-refractivity contribution is -0.141. The van der Waals surface area contributed by atoms with E-state index in [1.54, 1.807) is 11.8 Å². The van der Waals surface area contributed by atoms with Crippen molar-refractivity contribution >= 4 is 23.5 Å². The van der Waals surface area contributed by atoms with Crippen LogP contribution < -0.4 is 0 Å². The highest BCUT2D eigenvalue weighted by atomic mass is 16.6. The molecule has 4 rings (SSSR count). The van der Waals surface area contributed by atoms with Gasteiger partial charge in [0.25, 0.3) is 11.8 Å². The molecule has 33 heavy (non-hydrogen) atoms. The summed E-state index contributed by atoms with van der Waals surface area (Å²) in [6, 6.07) is 7.61. The number of imide groups is 1. The number of hydrogen-bond acceptors (Lipinski definition) is 6. The van der Waals surface area contributed by atoms with Gasteiger partial charge in [-0.3, -0.25) is 14.5 Å². The molecule has 0 N–H and O–H groups in total. The molecule has 3 aliphatic rings. The molecular formula is C25H34N4O4. The number of carbonyl (C=O) groups is 3. The highest BCUT2D eigenvalue weighted by Gasteiger charge is 2.46. The lowest BCUT2D eigenvalue weighted by Crippen LogP contribution is -2.51. The summed E-state index contributed by atoms with van der Waals surface area (Å²) in [7, 11) is 0. The molecule has 3 aliphatic heterocycles. The van der Waals surface area contributed by atoms with Gasteiger partial charge in [-0.05, 0) is 38.8 Å². The second-order valence-electron chi connectivity index (χ2n) is 8.91. The van der Waals surface area contributed by atoms with Crippen LogP contribution in [0.15, 0.2) is 30.0 Å². The molecule has 0 atom stereocenters. The van der Waals surface area contributed by atoms with Crippen molar-refractivity contribution < 1.29 is 19.1 Å². The van der Waals surface area contributed by atoms with Crippen LogP contribution in [0.1, 0.15) is 37.8 Å². The molecule has 0 spiro atoms. The van der Waals surface area contributed by atoms with Gasteiger partial charge >= 0.3 is 6.09 Å². The van der Waals surface area contributed by atoms with E-state index in [9.17, 15) is 14.4 Å². The van der Waals surface area contributed by atoms with Crippen molar-refractivity contribution in [2.24, 2.45) is 0 Å². The molecule has 0 aliphatic carbocycles. The molecule has 0 saturated carbocycles. The Hall–Kier alpha value is -2.87. The molecule has 3 heterocycles. The lowest BCUT2D eigenvalue weighted by atomic mass is 10.0. The SMILES string of the molecule is CCOC(=O)N1CCC(N2C(=O)C(c3ccc(C)cc3)=C(N3CCN(CC)CC3)C2=O)CC1. The molecule has 8 nitrogen and oxygen atoms in total. The number of ether oxygens (including phenoxy) is 1. The third kappa shape index (κ3) is 4.62. The topological polar surface area (TPSA) is 73.4 Å². The molecule has 0 radical (unpaired) electrons. The summed E-state index contributed by atoms with van der Waals surface area (Å²) < 4.78 is 5.10. The van der Waals surface area contributed by atoms with Crippen molar-refractivity contribution in [1.29, 1.82) is 0 Å². The minimum Gasteiger partial charge on any atom is -0.450 e. The highest BCUT2D eigenvalue weighted by Crippen LogP contribution is 2.35. The zero-order valence-corrected chi connectivity index (χ0v) is 19.9. The van der Waals surface area contributed by atoms with Crippen LogP contribution in [0.5, 0.6) is 0 Å². The van der Waals surface area contributed by atoms with Crippen molar-refractivity contribution in [3.05, 3.63) is 41.1 Å². The normalized spacial score (nSPS) is 20.8. The van der Waals surface area contributed by atoms with Crippen molar-refractivity contribution in [2.45, 2.75) is 39.7 Å². The van der Waals surface area contributed by atoms with Crippen LogP contribution in [-0.2, 0) is 14.3 Å². The van der Waals surface area contributed by atoms with E-state index in [2.05, 4.69) is 16.7 Å². The molecular weight excluding hydrogens is 420 g/mol. The van der Waals surface area contributed by atoms with Gasteiger partial charge in [-0.2, -0.15) is 0 Å². The minimum atomic E-state index is -0.331. The molecule has 178 valence electrons. The van der Waals surface area contributed by atoms with Gasteiger partial charge in [-0.15, -0.1) is 0 Å². The van der Waals surface area contributed by atoms with Crippen molar-refractivity contribution in [3.63, 3.8) is 0 Å². The number of benzene rings is 1. The number of carbonyl (C=O) groups excluding carboxylic acids is 3. The molecule has 1 aromatic rings. The predicted octanol–water partition coefficient (Wildman–Crippen LogP) is 2.33. The van der Waals surface area contributed by atoms with Gasteiger partial charge in [0.1, 0.15) is 5.70 Å². The molecule has 1 aromatic carbocycles. The summed E-state index contributed by atoms with van der Waals surface area (Å²) in [5.41, 5.74) is 2.95. The number of likely N-dealkylation sites (tertiary alicyclic amines) is 1. The molecule has 0 bridgehead atoms. The fourth-order valence-corrected chi connectivity index (χ4v) is 4.95. The number of piperidine rings is 1. The Kier molecular flexibility index (Phi) is 7.02. The van der Waals surface area contributed by atoms with Crippen molar-refractivity contribution in [3.8, 4) is 0 Å². The lowest BCUT2D eigenvalue weighted by Gasteiger charge is -2.37. The van der Waals surface area contributed by atoms with Gasteiger partial charge < -0.3 is 19.4 Å². The van der Waals surface area contributed by atoms with E-state index in [0.717, 1.165) is 43.9 Å². The number of likely N-dealkylation sites (N-methyl/N-ethyl adjacent to an activating group) is 1. The summed E-state index contributed by atoms with van der Waals surface area (Å²) in [5.74, 6) is -0.415. The van der Waals surface area contributed by atoms with Gasteiger partial charge in [0.15, 0.2) is 0 Å². The van der Waals surface area contributed by atoms with E-state index in [1.165, 1.54) is 4.90 Å². The van der Waals surface area contributed by atoms with Gasteiger partial charge in [0.05, 0.1) is 12.2 Å².